The molecule has 0 bridgehead atoms. The number of aromatic carboxylic acids is 3. The average Bonchev–Trinajstić information content (AvgIpc) is 0.779. The fraction of sp³-hybridized carbons (Fsp3) is 0.312. The van der Waals surface area contributed by atoms with Crippen molar-refractivity contribution in [2.24, 2.45) is 0 Å². The van der Waals surface area contributed by atoms with Crippen molar-refractivity contribution in [1.82, 2.24) is 27.8 Å². The molecule has 0 spiro atoms. The van der Waals surface area contributed by atoms with Crippen LogP contribution in [0.4, 0.5) is 0 Å². The number of hydrogen-bond acceptors (Lipinski definition) is 23. The van der Waals surface area contributed by atoms with E-state index in [1.54, 1.807) is 64.2 Å². The number of fused-ring (bicyclic) bond motifs is 11. The van der Waals surface area contributed by atoms with E-state index >= 15 is 0 Å². The molecule has 0 aromatic carbocycles. The first-order valence-corrected chi connectivity index (χ1v) is 33.6. The number of esters is 2. The molecular formula is C80H80BrLiN6O25Rb5-5. The van der Waals surface area contributed by atoms with Gasteiger partial charge < -0.3 is 99.7 Å². The third-order valence-corrected chi connectivity index (χ3v) is 19.1. The minimum atomic E-state index is -1.23. The molecule has 0 fully saturated rings. The van der Waals surface area contributed by atoms with Crippen LogP contribution in [0, 0.1) is 37.3 Å². The predicted octanol–water partition coefficient (Wildman–Crippen LogP) is -8.64. The number of ether oxygens (including phenoxy) is 2. The molecule has 5 aliphatic heterocycles. The zero-order valence-electron chi connectivity index (χ0n) is 67.0. The molecule has 38 heteroatoms. The fourth-order valence-electron chi connectivity index (χ4n) is 14.0. The first-order valence-electron chi connectivity index (χ1n) is 33.6. The van der Waals surface area contributed by atoms with Crippen LogP contribution in [0.5, 0.6) is 0 Å². The van der Waals surface area contributed by atoms with Crippen LogP contribution in [0.1, 0.15) is 223 Å². The van der Waals surface area contributed by atoms with Gasteiger partial charge in [0.1, 0.15) is 27.8 Å². The van der Waals surface area contributed by atoms with Crippen LogP contribution in [0.15, 0.2) is 138 Å². The summed E-state index contributed by atoms with van der Waals surface area (Å²) in [5.74, 6) is -5.35. The van der Waals surface area contributed by atoms with Gasteiger partial charge in [0.25, 0.3) is 0 Å². The Morgan fingerprint density at radius 3 is 0.890 bits per heavy atom. The molecule has 0 saturated heterocycles. The number of carbonyl (C=O) groups excluding carboxylic acids is 6. The Morgan fingerprint density at radius 1 is 0.407 bits per heavy atom. The molecule has 4 aliphatic carbocycles. The van der Waals surface area contributed by atoms with Gasteiger partial charge in [-0.25, -0.2) is 84.7 Å². The quantitative estimate of drug-likeness (QED) is 0.0759. The Morgan fingerprint density at radius 2 is 0.636 bits per heavy atom. The second-order valence-corrected chi connectivity index (χ2v) is 26.3. The van der Waals surface area contributed by atoms with E-state index in [9.17, 15) is 67.1 Å². The van der Waals surface area contributed by atoms with Gasteiger partial charge in [-0.05, 0) is 55.4 Å². The maximum Gasteiger partial charge on any atom is 1.00 e. The van der Waals surface area contributed by atoms with E-state index in [0.717, 1.165) is 80.1 Å². The molecule has 118 heavy (non-hydrogen) atoms. The second-order valence-electron chi connectivity index (χ2n) is 26.3. The van der Waals surface area contributed by atoms with Gasteiger partial charge >= 0.3 is 340 Å². The number of carboxylic acid groups (broad SMARTS) is 3. The van der Waals surface area contributed by atoms with Gasteiger partial charge in [0, 0.05) is 146 Å². The molecular weight excluding hydrogens is 1960 g/mol. The average molecular weight is 2040 g/mol. The summed E-state index contributed by atoms with van der Waals surface area (Å²) in [6.07, 6.45) is 29.3. The monoisotopic (exact) mass is 2040 g/mol. The number of carbonyl (C=O) groups is 9. The molecule has 3 unspecified atom stereocenters. The van der Waals surface area contributed by atoms with Gasteiger partial charge in [-0.3, -0.25) is 29.0 Å². The topological polar surface area (TPSA) is 536 Å². The summed E-state index contributed by atoms with van der Waals surface area (Å²) in [7, 11) is 0. The van der Waals surface area contributed by atoms with Crippen LogP contribution in [-0.2, 0) is 35.1 Å². The Bertz CT molecular complexity index is 5130. The standard InChI is InChI=1S/C17H17N2O3.C17H16NO4.3C15H12NO4.CH4.BrH.Li.6H2O.5Rb/c1-4-22-17(21)13-9-19-11(3)7-12-6-5-10(2)18-16(12)14(19)8-15(13)20;1-3-22-17(21)14-9-18-10(2)6-11-4-5-12(19)7-13(11)15(18)8-16(14)20;3*1-8-4-9-2-3-10(17)5-11(9)13-6-14(18)12(15(19)20)7-16(8)13;;;;;;;;;;;;;;/h6,8-9,11H,4,7H2,1-3H3;4,8-10H,3,6-7H2,1-2H3;3*2,6-8H,4-5H2,1H3,(H,19,20);1H4;1H;;6*1H2;;;;;/q5*-1;;;+1;;;;;;;5*+1/p-6/t;;2*8-;;;;;;;;;;;;;;;/m..10.............../s1. The van der Waals surface area contributed by atoms with Crippen LogP contribution in [-0.4, -0.2) is 142 Å². The summed E-state index contributed by atoms with van der Waals surface area (Å²) < 4.78 is 19.0. The molecule has 0 saturated carbocycles. The molecule has 6 aromatic heterocycles. The fourth-order valence-corrected chi connectivity index (χ4v) is 14.0. The number of pyridine rings is 6. The van der Waals surface area contributed by atoms with Gasteiger partial charge in [0.05, 0.1) is 42.0 Å². The maximum absolute atomic E-state index is 12.3. The number of rotatable bonds is 7. The zero-order valence-corrected chi connectivity index (χ0v) is 93.3. The van der Waals surface area contributed by atoms with Crippen molar-refractivity contribution < 1.29 is 411 Å². The number of allylic oxidation sites excluding steroid dienone is 16. The number of halogens is 1. The van der Waals surface area contributed by atoms with Gasteiger partial charge in [-0.2, -0.15) is 27.9 Å². The molecule has 9 aliphatic rings. The molecule has 0 radical (unpaired) electrons. The molecule has 0 amide bonds. The van der Waals surface area contributed by atoms with Crippen LogP contribution in [0.3, 0.4) is 0 Å². The smallest absolute Gasteiger partial charge is 0.870 e. The summed E-state index contributed by atoms with van der Waals surface area (Å²) in [5.41, 5.74) is 10.4. The first kappa shape index (κ1) is 122. The van der Waals surface area contributed by atoms with Gasteiger partial charge in [-0.15, -0.1) is 17.0 Å². The zero-order chi connectivity index (χ0) is 75.0. The summed E-state index contributed by atoms with van der Waals surface area (Å²) >= 11 is 0. The number of nitrogens with zero attached hydrogens (tertiary/aromatic N) is 6. The molecule has 15 rings (SSSR count). The third-order valence-electron chi connectivity index (χ3n) is 19.1. The van der Waals surface area contributed by atoms with Crippen molar-refractivity contribution in [3.05, 3.63) is 257 Å². The third kappa shape index (κ3) is 27.6. The Kier molecular flexibility index (Phi) is 55.2. The van der Waals surface area contributed by atoms with Crippen LogP contribution in [0.2, 0.25) is 0 Å². The van der Waals surface area contributed by atoms with Crippen molar-refractivity contribution in [2.45, 2.75) is 151 Å². The summed E-state index contributed by atoms with van der Waals surface area (Å²) in [6, 6.07) is 12.2. The first-order chi connectivity index (χ1) is 49.4. The summed E-state index contributed by atoms with van der Waals surface area (Å²) in [5, 5.41) is 27.1. The van der Waals surface area contributed by atoms with Crippen molar-refractivity contribution in [3.63, 3.8) is 0 Å². The van der Waals surface area contributed by atoms with E-state index in [4.69, 9.17) is 24.8 Å². The molecule has 11 heterocycles. The maximum atomic E-state index is 12.3. The summed E-state index contributed by atoms with van der Waals surface area (Å²) in [6.45, 7) is 15.7. The number of Topliss-reactive ketones (excluding diaryl/α,β-unsaturated/α-hetero) is 4. The van der Waals surface area contributed by atoms with E-state index in [-0.39, 0.29) is 498 Å². The van der Waals surface area contributed by atoms with E-state index in [1.807, 2.05) is 56.7 Å². The number of aryl methyl sites for hydroxylation is 1. The number of aromatic nitrogens is 6. The SMILES string of the molecule is Br.C.CC1CC2=C(CC(=O)[C-]=C2)c2cc(=O)c(C(=O)O)cn21.CCOC(=O)c1cn2c(cc1=O)-c1nc(C)[c-]cc1CC2C.CCOC(=O)c1cn2c(cc1=O)C1=C(C=[C-]C(=O)C1)CC2C.C[C@@H]1CC2=C(CC(=O)[C-]=C2)c2cc(=O)c(C(=O)O)cn21.C[C@H]1CC2=C(CC(=O)[C-]=C2)c2cc(=O)c(C(=O)O)cn21.[Li+].[OH-].[OH-].[OH-].[OH-].[OH-].[OH-].[Rb+].[Rb+].[Rb+].[Rb+].[Rb+]. The minimum Gasteiger partial charge on any atom is -0.870 e. The normalized spacial score (nSPS) is 17.1. The van der Waals surface area contributed by atoms with E-state index < -0.39 is 46.1 Å². The minimum absolute atomic E-state index is 0. The van der Waals surface area contributed by atoms with E-state index in [1.165, 1.54) is 48.9 Å². The Hall–Kier alpha value is -2.29. The van der Waals surface area contributed by atoms with Crippen molar-refractivity contribution in [1.29, 1.82) is 0 Å². The van der Waals surface area contributed by atoms with Gasteiger partial charge in [0.15, 0.2) is 27.1 Å². The van der Waals surface area contributed by atoms with Crippen LogP contribution >= 0.6 is 17.0 Å². The summed E-state index contributed by atoms with van der Waals surface area (Å²) in [4.78, 5) is 168. The van der Waals surface area contributed by atoms with Crippen molar-refractivity contribution in [2.75, 3.05) is 13.2 Å². The Labute approximate surface area is 945 Å². The molecule has 5 atom stereocenters. The van der Waals surface area contributed by atoms with E-state index in [0.29, 0.717) is 42.0 Å². The van der Waals surface area contributed by atoms with Gasteiger partial charge in [0.2, 0.25) is 0 Å². The number of carboxylic acids is 3. The molecule has 598 valence electrons. The van der Waals surface area contributed by atoms with Crippen molar-refractivity contribution >= 4 is 92.3 Å². The van der Waals surface area contributed by atoms with E-state index in [2.05, 4.69) is 35.4 Å². The largest absolute Gasteiger partial charge is 1.00 e. The van der Waals surface area contributed by atoms with Crippen LogP contribution in [0.25, 0.3) is 33.7 Å². The molecule has 6 aromatic rings. The number of hydrogen-bond donors (Lipinski definition) is 3. The Balaban J connectivity index is -0.000000669. The molecule has 31 nitrogen and oxygen atoms in total. The van der Waals surface area contributed by atoms with Gasteiger partial charge in [-0.1, -0.05) is 67.5 Å². The molecule has 9 N–H and O–H groups in total. The van der Waals surface area contributed by atoms with Crippen molar-refractivity contribution in [3.8, 4) is 11.4 Å². The second kappa shape index (κ2) is 53.4. The number of ketones is 4. The van der Waals surface area contributed by atoms with Crippen LogP contribution < -0.4 is 337 Å². The predicted molar refractivity (Wildman–Crippen MR) is 405 cm³/mol.